The second-order valence-electron chi connectivity index (χ2n) is 4.47. The Morgan fingerprint density at radius 2 is 2.05 bits per heavy atom. The van der Waals surface area contributed by atoms with Crippen molar-refractivity contribution >= 4 is 21.4 Å². The van der Waals surface area contributed by atoms with E-state index in [4.69, 9.17) is 0 Å². The second-order valence-corrected chi connectivity index (χ2v) is 6.12. The van der Waals surface area contributed by atoms with Crippen molar-refractivity contribution in [3.05, 3.63) is 48.0 Å². The Balaban J connectivity index is 2.36. The second kappa shape index (κ2) is 6.09. The zero-order valence-corrected chi connectivity index (χ0v) is 12.5. The van der Waals surface area contributed by atoms with Crippen LogP contribution >= 0.6 is 0 Å². The van der Waals surface area contributed by atoms with Gasteiger partial charge in [-0.15, -0.1) is 0 Å². The molecule has 112 valence electrons. The van der Waals surface area contributed by atoms with Crippen molar-refractivity contribution in [3.8, 4) is 0 Å². The third-order valence-electron chi connectivity index (χ3n) is 2.87. The summed E-state index contributed by atoms with van der Waals surface area (Å²) in [5, 5.41) is 2.96. The van der Waals surface area contributed by atoms with Crippen molar-refractivity contribution in [1.29, 1.82) is 0 Å². The van der Waals surface area contributed by atoms with Crippen LogP contribution in [0.3, 0.4) is 0 Å². The van der Waals surface area contributed by atoms with Crippen molar-refractivity contribution in [2.75, 3.05) is 16.6 Å². The molecule has 0 spiro atoms. The Morgan fingerprint density at radius 1 is 1.29 bits per heavy atom. The molecule has 0 fully saturated rings. The maximum Gasteiger partial charge on any atom is 0.265 e. The number of benzene rings is 1. The fraction of sp³-hybridized carbons (Fsp3) is 0.214. The summed E-state index contributed by atoms with van der Waals surface area (Å²) < 4.78 is 40.6. The van der Waals surface area contributed by atoms with Gasteiger partial charge in [-0.05, 0) is 37.6 Å². The SMILES string of the molecule is CCNc1ccncc1S(=O)(=O)Nc1ccc(C)c(F)c1. The first-order chi connectivity index (χ1) is 9.94. The molecule has 2 N–H and O–H groups in total. The lowest BCUT2D eigenvalue weighted by Gasteiger charge is -2.12. The van der Waals surface area contributed by atoms with Gasteiger partial charge >= 0.3 is 0 Å². The maximum atomic E-state index is 13.5. The Labute approximate surface area is 123 Å². The summed E-state index contributed by atoms with van der Waals surface area (Å²) in [6, 6.07) is 5.75. The van der Waals surface area contributed by atoms with Gasteiger partial charge < -0.3 is 5.32 Å². The number of anilines is 2. The van der Waals surface area contributed by atoms with E-state index >= 15 is 0 Å². The van der Waals surface area contributed by atoms with Crippen LogP contribution in [0.4, 0.5) is 15.8 Å². The minimum atomic E-state index is -3.84. The molecule has 1 aromatic heterocycles. The summed E-state index contributed by atoms with van der Waals surface area (Å²) in [5.74, 6) is -0.465. The van der Waals surface area contributed by atoms with Crippen LogP contribution in [0.15, 0.2) is 41.6 Å². The Kier molecular flexibility index (Phi) is 4.42. The van der Waals surface area contributed by atoms with Gasteiger partial charge in [-0.3, -0.25) is 9.71 Å². The molecule has 0 amide bonds. The molecule has 0 aliphatic rings. The smallest absolute Gasteiger partial charge is 0.265 e. The molecule has 5 nitrogen and oxygen atoms in total. The molecule has 0 aliphatic heterocycles. The molecule has 2 rings (SSSR count). The number of sulfonamides is 1. The van der Waals surface area contributed by atoms with Gasteiger partial charge in [0.1, 0.15) is 10.7 Å². The first-order valence-electron chi connectivity index (χ1n) is 6.41. The summed E-state index contributed by atoms with van der Waals surface area (Å²) in [6.07, 6.45) is 2.76. The van der Waals surface area contributed by atoms with E-state index in [0.717, 1.165) is 6.07 Å². The van der Waals surface area contributed by atoms with Crippen molar-refractivity contribution in [2.45, 2.75) is 18.7 Å². The highest BCUT2D eigenvalue weighted by molar-refractivity contribution is 7.92. The summed E-state index contributed by atoms with van der Waals surface area (Å²) in [7, 11) is -3.84. The first kappa shape index (κ1) is 15.2. The van der Waals surface area contributed by atoms with Crippen molar-refractivity contribution in [1.82, 2.24) is 4.98 Å². The number of rotatable bonds is 5. The molecule has 0 atom stereocenters. The Hall–Kier alpha value is -2.15. The number of halogens is 1. The summed E-state index contributed by atoms with van der Waals surface area (Å²) in [4.78, 5) is 3.86. The number of hydrogen-bond acceptors (Lipinski definition) is 4. The van der Waals surface area contributed by atoms with E-state index in [1.807, 2.05) is 6.92 Å². The number of pyridine rings is 1. The Bertz CT molecular complexity index is 748. The lowest BCUT2D eigenvalue weighted by molar-refractivity contribution is 0.601. The highest BCUT2D eigenvalue weighted by Gasteiger charge is 2.19. The minimum Gasteiger partial charge on any atom is -0.384 e. The quantitative estimate of drug-likeness (QED) is 0.891. The van der Waals surface area contributed by atoms with E-state index in [9.17, 15) is 12.8 Å². The average molecular weight is 309 g/mol. The van der Waals surface area contributed by atoms with Gasteiger partial charge in [0.05, 0.1) is 11.4 Å². The van der Waals surface area contributed by atoms with Gasteiger partial charge in [0.15, 0.2) is 0 Å². The molecule has 0 saturated carbocycles. The molecule has 0 radical (unpaired) electrons. The summed E-state index contributed by atoms with van der Waals surface area (Å²) >= 11 is 0. The maximum absolute atomic E-state index is 13.5. The third kappa shape index (κ3) is 3.49. The molecular weight excluding hydrogens is 293 g/mol. The zero-order chi connectivity index (χ0) is 15.5. The molecule has 7 heteroatoms. The highest BCUT2D eigenvalue weighted by Crippen LogP contribution is 2.23. The lowest BCUT2D eigenvalue weighted by Crippen LogP contribution is -2.16. The van der Waals surface area contributed by atoms with Gasteiger partial charge in [-0.1, -0.05) is 6.07 Å². The molecule has 0 aliphatic carbocycles. The van der Waals surface area contributed by atoms with Crippen molar-refractivity contribution in [2.24, 2.45) is 0 Å². The van der Waals surface area contributed by atoms with Crippen LogP contribution in [-0.2, 0) is 10.0 Å². The van der Waals surface area contributed by atoms with Crippen LogP contribution in [0.5, 0.6) is 0 Å². The Morgan fingerprint density at radius 3 is 2.71 bits per heavy atom. The third-order valence-corrected chi connectivity index (χ3v) is 4.27. The number of aryl methyl sites for hydroxylation is 1. The zero-order valence-electron chi connectivity index (χ0n) is 11.7. The van der Waals surface area contributed by atoms with E-state index in [1.54, 1.807) is 13.0 Å². The standard InChI is InChI=1S/C14H16FN3O2S/c1-3-17-13-6-7-16-9-14(13)21(19,20)18-11-5-4-10(2)12(15)8-11/h4-9,18H,3H2,1-2H3,(H,16,17). The number of aromatic nitrogens is 1. The van der Waals surface area contributed by atoms with Gasteiger partial charge in [0.25, 0.3) is 10.0 Å². The number of nitrogens with zero attached hydrogens (tertiary/aromatic N) is 1. The fourth-order valence-electron chi connectivity index (χ4n) is 1.80. The lowest BCUT2D eigenvalue weighted by atomic mass is 10.2. The topological polar surface area (TPSA) is 71.1 Å². The largest absolute Gasteiger partial charge is 0.384 e. The highest BCUT2D eigenvalue weighted by atomic mass is 32.2. The van der Waals surface area contributed by atoms with Crippen molar-refractivity contribution < 1.29 is 12.8 Å². The average Bonchev–Trinajstić information content (AvgIpc) is 2.43. The van der Waals surface area contributed by atoms with Crippen molar-refractivity contribution in [3.63, 3.8) is 0 Å². The molecule has 0 unspecified atom stereocenters. The molecule has 1 heterocycles. The predicted molar refractivity (Wildman–Crippen MR) is 80.3 cm³/mol. The molecule has 0 saturated heterocycles. The number of nitrogens with one attached hydrogen (secondary N) is 2. The first-order valence-corrected chi connectivity index (χ1v) is 7.89. The van der Waals surface area contributed by atoms with Crippen LogP contribution in [0.1, 0.15) is 12.5 Å². The summed E-state index contributed by atoms with van der Waals surface area (Å²) in [5.41, 5.74) is 1.07. The van der Waals surface area contributed by atoms with E-state index in [1.165, 1.54) is 24.5 Å². The molecule has 1 aromatic carbocycles. The molecule has 21 heavy (non-hydrogen) atoms. The van der Waals surface area contributed by atoms with E-state index in [0.29, 0.717) is 17.8 Å². The van der Waals surface area contributed by atoms with Gasteiger partial charge in [-0.25, -0.2) is 12.8 Å². The monoisotopic (exact) mass is 309 g/mol. The summed E-state index contributed by atoms with van der Waals surface area (Å²) in [6.45, 7) is 4.04. The van der Waals surface area contributed by atoms with E-state index in [2.05, 4.69) is 15.0 Å². The van der Waals surface area contributed by atoms with E-state index < -0.39 is 15.8 Å². The van der Waals surface area contributed by atoms with Crippen LogP contribution in [0.2, 0.25) is 0 Å². The van der Waals surface area contributed by atoms with Crippen LogP contribution in [0.25, 0.3) is 0 Å². The molecular formula is C14H16FN3O2S. The fourth-order valence-corrected chi connectivity index (χ4v) is 2.97. The predicted octanol–water partition coefficient (Wildman–Crippen LogP) is 2.76. The minimum absolute atomic E-state index is 0.0211. The normalized spacial score (nSPS) is 11.2. The van der Waals surface area contributed by atoms with E-state index in [-0.39, 0.29) is 10.6 Å². The van der Waals surface area contributed by atoms with Crippen LogP contribution < -0.4 is 10.0 Å². The number of hydrogen-bond donors (Lipinski definition) is 2. The van der Waals surface area contributed by atoms with Crippen LogP contribution in [-0.4, -0.2) is 19.9 Å². The van der Waals surface area contributed by atoms with Gasteiger partial charge in [-0.2, -0.15) is 0 Å². The molecule has 2 aromatic rings. The van der Waals surface area contributed by atoms with Gasteiger partial charge in [0, 0.05) is 18.9 Å². The van der Waals surface area contributed by atoms with Crippen LogP contribution in [0, 0.1) is 12.7 Å². The molecule has 0 bridgehead atoms. The van der Waals surface area contributed by atoms with Gasteiger partial charge in [0.2, 0.25) is 0 Å².